The monoisotopic (exact) mass is 407 g/mol. The number of carbonyl (C=O) groups excluding carboxylic acids is 2. The molecule has 1 aliphatic heterocycles. The van der Waals surface area contributed by atoms with Crippen LogP contribution in [0.5, 0.6) is 0 Å². The number of nitrogens with zero attached hydrogens (tertiary/aromatic N) is 1. The van der Waals surface area contributed by atoms with Gasteiger partial charge in [-0.2, -0.15) is 0 Å². The number of anilines is 1. The Morgan fingerprint density at radius 3 is 2.80 bits per heavy atom. The third-order valence-corrected chi connectivity index (χ3v) is 4.68. The van der Waals surface area contributed by atoms with Crippen LogP contribution in [0.25, 0.3) is 0 Å². The maximum Gasteiger partial charge on any atom is 0.340 e. The van der Waals surface area contributed by atoms with Gasteiger partial charge in [-0.1, -0.05) is 15.9 Å². The number of alkyl halides is 1. The normalized spacial score (nSPS) is 18.5. The Kier molecular flexibility index (Phi) is 4.80. The lowest BCUT2D eigenvalue weighted by atomic mass is 10.1. The summed E-state index contributed by atoms with van der Waals surface area (Å²) < 4.78 is 18.6. The van der Waals surface area contributed by atoms with Crippen LogP contribution in [0.4, 0.5) is 10.1 Å². The summed E-state index contributed by atoms with van der Waals surface area (Å²) in [5.41, 5.74) is 0.426. The number of ether oxygens (including phenoxy) is 1. The average Bonchev–Trinajstić information content (AvgIpc) is 2.81. The van der Waals surface area contributed by atoms with E-state index in [1.807, 2.05) is 0 Å². The van der Waals surface area contributed by atoms with Crippen LogP contribution in [0.15, 0.2) is 16.6 Å². The van der Waals surface area contributed by atoms with Gasteiger partial charge in [-0.3, -0.25) is 4.79 Å². The summed E-state index contributed by atoms with van der Waals surface area (Å²) in [6.07, 6.45) is 0.379. The first-order chi connectivity index (χ1) is 9.47. The third-order valence-electron chi connectivity index (χ3n) is 3.16. The topological polar surface area (TPSA) is 46.6 Å². The van der Waals surface area contributed by atoms with Gasteiger partial charge in [0.05, 0.1) is 22.8 Å². The first kappa shape index (κ1) is 15.4. The lowest BCUT2D eigenvalue weighted by Crippen LogP contribution is -2.27. The predicted molar refractivity (Wildman–Crippen MR) is 79.7 cm³/mol. The molecule has 0 radical (unpaired) electrons. The number of benzene rings is 1. The molecule has 108 valence electrons. The fraction of sp³-hybridized carbons (Fsp3) is 0.385. The van der Waals surface area contributed by atoms with Crippen LogP contribution in [0.3, 0.4) is 0 Å². The summed E-state index contributed by atoms with van der Waals surface area (Å²) in [6.45, 7) is 0.454. The highest BCUT2D eigenvalue weighted by atomic mass is 79.9. The van der Waals surface area contributed by atoms with E-state index in [1.165, 1.54) is 24.1 Å². The number of hydrogen-bond acceptors (Lipinski definition) is 3. The maximum atomic E-state index is 13.7. The second-order valence-corrected chi connectivity index (χ2v) is 6.01. The Labute approximate surface area is 132 Å². The number of amides is 1. The molecule has 1 unspecified atom stereocenters. The van der Waals surface area contributed by atoms with Gasteiger partial charge in [0.1, 0.15) is 5.82 Å². The van der Waals surface area contributed by atoms with Crippen molar-refractivity contribution in [2.24, 2.45) is 5.92 Å². The van der Waals surface area contributed by atoms with E-state index in [1.54, 1.807) is 0 Å². The molecule has 0 bridgehead atoms. The molecule has 7 heteroatoms. The molecule has 0 saturated carbocycles. The first-order valence-corrected chi connectivity index (χ1v) is 7.83. The van der Waals surface area contributed by atoms with Crippen molar-refractivity contribution in [1.29, 1.82) is 0 Å². The zero-order valence-corrected chi connectivity index (χ0v) is 13.8. The lowest BCUT2D eigenvalue weighted by molar-refractivity contribution is -0.117. The number of methoxy groups -OCH3 is 1. The molecule has 1 amide bonds. The maximum absolute atomic E-state index is 13.7. The van der Waals surface area contributed by atoms with E-state index in [0.717, 1.165) is 0 Å². The molecule has 1 fully saturated rings. The van der Waals surface area contributed by atoms with Gasteiger partial charge in [0.2, 0.25) is 5.91 Å². The molecule has 1 aromatic carbocycles. The van der Waals surface area contributed by atoms with Crippen molar-refractivity contribution >= 4 is 49.4 Å². The van der Waals surface area contributed by atoms with E-state index in [0.29, 0.717) is 18.3 Å². The van der Waals surface area contributed by atoms with Gasteiger partial charge in [-0.25, -0.2) is 9.18 Å². The third kappa shape index (κ3) is 2.88. The standard InChI is InChI=1S/C13H12Br2FNO3/c1-20-13(19)8-3-9(15)10(16)4-11(8)17-6-7(5-14)2-12(17)18/h3-4,7H,2,5-6H2,1H3. The van der Waals surface area contributed by atoms with Gasteiger partial charge in [-0.15, -0.1) is 0 Å². The van der Waals surface area contributed by atoms with Gasteiger partial charge < -0.3 is 9.64 Å². The van der Waals surface area contributed by atoms with Crippen LogP contribution in [0.2, 0.25) is 0 Å². The minimum Gasteiger partial charge on any atom is -0.465 e. The number of rotatable bonds is 3. The van der Waals surface area contributed by atoms with Crippen molar-refractivity contribution in [3.8, 4) is 0 Å². The molecule has 1 aliphatic rings. The Bertz CT molecular complexity index is 565. The highest BCUT2D eigenvalue weighted by Gasteiger charge is 2.33. The van der Waals surface area contributed by atoms with Crippen molar-refractivity contribution in [2.45, 2.75) is 6.42 Å². The minimum absolute atomic E-state index is 0.124. The molecule has 20 heavy (non-hydrogen) atoms. The van der Waals surface area contributed by atoms with Crippen molar-refractivity contribution < 1.29 is 18.7 Å². The zero-order chi connectivity index (χ0) is 14.9. The van der Waals surface area contributed by atoms with E-state index in [9.17, 15) is 14.0 Å². The van der Waals surface area contributed by atoms with Gasteiger partial charge in [0, 0.05) is 18.3 Å². The fourth-order valence-corrected chi connectivity index (χ4v) is 2.93. The molecule has 1 saturated heterocycles. The predicted octanol–water partition coefficient (Wildman–Crippen LogP) is 3.12. The Balaban J connectivity index is 2.47. The number of carbonyl (C=O) groups is 2. The van der Waals surface area contributed by atoms with Crippen molar-refractivity contribution in [3.05, 3.63) is 28.0 Å². The van der Waals surface area contributed by atoms with Crippen LogP contribution in [-0.2, 0) is 9.53 Å². The SMILES string of the molecule is COC(=O)c1cc(Br)c(F)cc1N1CC(CBr)CC1=O. The summed E-state index contributed by atoms with van der Waals surface area (Å²) in [5.74, 6) is -1.10. The number of esters is 1. The second kappa shape index (κ2) is 6.22. The van der Waals surface area contributed by atoms with Crippen LogP contribution >= 0.6 is 31.9 Å². The van der Waals surface area contributed by atoms with Crippen LogP contribution in [0.1, 0.15) is 16.8 Å². The van der Waals surface area contributed by atoms with Crippen molar-refractivity contribution in [1.82, 2.24) is 0 Å². The first-order valence-electron chi connectivity index (χ1n) is 5.91. The van der Waals surface area contributed by atoms with Crippen LogP contribution < -0.4 is 4.90 Å². The Morgan fingerprint density at radius 1 is 1.55 bits per heavy atom. The molecular weight excluding hydrogens is 397 g/mol. The number of halogens is 3. The largest absolute Gasteiger partial charge is 0.465 e. The van der Waals surface area contributed by atoms with Crippen LogP contribution in [-0.4, -0.2) is 30.9 Å². The molecule has 1 aromatic rings. The Morgan fingerprint density at radius 2 is 2.25 bits per heavy atom. The van der Waals surface area contributed by atoms with E-state index >= 15 is 0 Å². The van der Waals surface area contributed by atoms with Gasteiger partial charge in [-0.05, 0) is 34.0 Å². The minimum atomic E-state index is -0.601. The summed E-state index contributed by atoms with van der Waals surface area (Å²) in [6, 6.07) is 2.52. The van der Waals surface area contributed by atoms with Crippen LogP contribution in [0, 0.1) is 11.7 Å². The molecule has 0 aliphatic carbocycles. The molecule has 0 aromatic heterocycles. The molecule has 1 heterocycles. The molecule has 0 N–H and O–H groups in total. The molecule has 4 nitrogen and oxygen atoms in total. The molecule has 2 rings (SSSR count). The summed E-state index contributed by atoms with van der Waals surface area (Å²) >= 11 is 6.37. The second-order valence-electron chi connectivity index (χ2n) is 4.50. The molecular formula is C13H12Br2FNO3. The quantitative estimate of drug-likeness (QED) is 0.570. The average molecular weight is 409 g/mol. The highest BCUT2D eigenvalue weighted by Crippen LogP contribution is 2.32. The van der Waals surface area contributed by atoms with Gasteiger partial charge in [0.15, 0.2) is 0 Å². The van der Waals surface area contributed by atoms with Gasteiger partial charge >= 0.3 is 5.97 Å². The molecule has 0 spiro atoms. The summed E-state index contributed by atoms with van der Waals surface area (Å²) in [5, 5.41) is 0.682. The molecule has 1 atom stereocenters. The van der Waals surface area contributed by atoms with E-state index in [4.69, 9.17) is 4.74 Å². The smallest absolute Gasteiger partial charge is 0.340 e. The Hall–Kier alpha value is -0.950. The highest BCUT2D eigenvalue weighted by molar-refractivity contribution is 9.10. The van der Waals surface area contributed by atoms with E-state index in [-0.39, 0.29) is 27.5 Å². The van der Waals surface area contributed by atoms with Crippen molar-refractivity contribution in [2.75, 3.05) is 23.9 Å². The van der Waals surface area contributed by atoms with Gasteiger partial charge in [0.25, 0.3) is 0 Å². The fourth-order valence-electron chi connectivity index (χ4n) is 2.15. The summed E-state index contributed by atoms with van der Waals surface area (Å²) in [4.78, 5) is 25.3. The zero-order valence-electron chi connectivity index (χ0n) is 10.7. The summed E-state index contributed by atoms with van der Waals surface area (Å²) in [7, 11) is 1.25. The van der Waals surface area contributed by atoms with E-state index in [2.05, 4.69) is 31.9 Å². The van der Waals surface area contributed by atoms with E-state index < -0.39 is 11.8 Å². The number of hydrogen-bond donors (Lipinski definition) is 0. The lowest BCUT2D eigenvalue weighted by Gasteiger charge is -2.20. The van der Waals surface area contributed by atoms with Crippen molar-refractivity contribution in [3.63, 3.8) is 0 Å².